The Bertz CT molecular complexity index is 293. The lowest BCUT2D eigenvalue weighted by molar-refractivity contribution is 0.285. The van der Waals surface area contributed by atoms with Crippen LogP contribution in [0.2, 0.25) is 0 Å². The van der Waals surface area contributed by atoms with Gasteiger partial charge in [-0.2, -0.15) is 0 Å². The molecule has 1 aromatic rings. The molecule has 0 saturated carbocycles. The number of rotatable bonds is 2. The summed E-state index contributed by atoms with van der Waals surface area (Å²) in [5, 5.41) is 17.2. The van der Waals surface area contributed by atoms with Crippen LogP contribution >= 0.6 is 11.3 Å². The molecule has 64 valence electrons. The Kier molecular flexibility index (Phi) is 3.81. The third kappa shape index (κ3) is 2.67. The van der Waals surface area contributed by atoms with E-state index in [1.54, 1.807) is 0 Å². The molecule has 0 fully saturated rings. The molecule has 0 unspecified atom stereocenters. The summed E-state index contributed by atoms with van der Waals surface area (Å²) < 4.78 is 0. The topological polar surface area (TPSA) is 40.5 Å². The molecule has 12 heavy (non-hydrogen) atoms. The Morgan fingerprint density at radius 2 is 2.17 bits per heavy atom. The van der Waals surface area contributed by atoms with Crippen molar-refractivity contribution in [3.05, 3.63) is 21.9 Å². The average molecular weight is 182 g/mol. The van der Waals surface area contributed by atoms with Crippen molar-refractivity contribution in [2.24, 2.45) is 0 Å². The maximum Gasteiger partial charge on any atom is 0.0774 e. The first-order valence-corrected chi connectivity index (χ1v) is 4.47. The second-order valence-electron chi connectivity index (χ2n) is 2.20. The van der Waals surface area contributed by atoms with Gasteiger partial charge in [-0.3, -0.25) is 0 Å². The van der Waals surface area contributed by atoms with E-state index in [9.17, 15) is 0 Å². The van der Waals surface area contributed by atoms with Crippen molar-refractivity contribution in [1.29, 1.82) is 0 Å². The Labute approximate surface area is 75.5 Å². The molecule has 0 aliphatic rings. The van der Waals surface area contributed by atoms with Crippen LogP contribution in [0.1, 0.15) is 16.2 Å². The van der Waals surface area contributed by atoms with Crippen LogP contribution in [0.4, 0.5) is 0 Å². The van der Waals surface area contributed by atoms with E-state index < -0.39 is 0 Å². The van der Waals surface area contributed by atoms with Gasteiger partial charge in [0.05, 0.1) is 18.1 Å². The molecule has 0 aliphatic carbocycles. The number of aliphatic hydroxyl groups excluding tert-OH is 2. The maximum atomic E-state index is 8.74. The second-order valence-corrected chi connectivity index (χ2v) is 3.37. The van der Waals surface area contributed by atoms with Crippen molar-refractivity contribution in [2.45, 2.75) is 13.0 Å². The van der Waals surface area contributed by atoms with Crippen LogP contribution in [0.5, 0.6) is 0 Å². The minimum Gasteiger partial charge on any atom is -0.395 e. The molecule has 1 aromatic heterocycles. The van der Waals surface area contributed by atoms with E-state index in [0.717, 1.165) is 9.75 Å². The Morgan fingerprint density at radius 3 is 2.75 bits per heavy atom. The van der Waals surface area contributed by atoms with Crippen LogP contribution < -0.4 is 0 Å². The van der Waals surface area contributed by atoms with Gasteiger partial charge in [-0.25, -0.2) is 0 Å². The van der Waals surface area contributed by atoms with E-state index in [4.69, 9.17) is 10.2 Å². The van der Waals surface area contributed by atoms with E-state index in [-0.39, 0.29) is 13.2 Å². The summed E-state index contributed by atoms with van der Waals surface area (Å²) >= 11 is 1.48. The van der Waals surface area contributed by atoms with Gasteiger partial charge in [0.2, 0.25) is 0 Å². The van der Waals surface area contributed by atoms with Crippen LogP contribution in [-0.4, -0.2) is 16.8 Å². The van der Waals surface area contributed by atoms with Crippen molar-refractivity contribution in [3.8, 4) is 11.8 Å². The molecule has 0 radical (unpaired) electrons. The summed E-state index contributed by atoms with van der Waals surface area (Å²) in [7, 11) is 0. The summed E-state index contributed by atoms with van der Waals surface area (Å²) in [6.45, 7) is 0.178. The Balaban J connectivity index is 2.59. The zero-order valence-corrected chi connectivity index (χ0v) is 7.40. The molecule has 0 spiro atoms. The predicted octanol–water partition coefficient (Wildman–Crippen LogP) is 0.974. The molecular weight excluding hydrogens is 172 g/mol. The molecule has 0 aromatic carbocycles. The standard InChI is InChI=1S/C9H10O2S/c10-6-2-1-3-8-4-5-9(7-11)12-8/h4-5,10-11H,2,6-7H2. The van der Waals surface area contributed by atoms with Gasteiger partial charge < -0.3 is 10.2 Å². The monoisotopic (exact) mass is 182 g/mol. The van der Waals surface area contributed by atoms with Crippen molar-refractivity contribution >= 4 is 11.3 Å². The number of hydrogen-bond acceptors (Lipinski definition) is 3. The van der Waals surface area contributed by atoms with Crippen molar-refractivity contribution < 1.29 is 10.2 Å². The quantitative estimate of drug-likeness (QED) is 0.669. The van der Waals surface area contributed by atoms with Gasteiger partial charge in [-0.05, 0) is 12.1 Å². The van der Waals surface area contributed by atoms with Gasteiger partial charge in [0.1, 0.15) is 0 Å². The highest BCUT2D eigenvalue weighted by Crippen LogP contribution is 2.14. The molecule has 0 bridgehead atoms. The van der Waals surface area contributed by atoms with Crippen LogP contribution in [0.3, 0.4) is 0 Å². The number of aliphatic hydroxyl groups is 2. The van der Waals surface area contributed by atoms with E-state index in [0.29, 0.717) is 6.42 Å². The molecule has 2 N–H and O–H groups in total. The van der Waals surface area contributed by atoms with Crippen molar-refractivity contribution in [1.82, 2.24) is 0 Å². The summed E-state index contributed by atoms with van der Waals surface area (Å²) in [4.78, 5) is 1.86. The average Bonchev–Trinajstić information content (AvgIpc) is 2.53. The zero-order valence-electron chi connectivity index (χ0n) is 6.58. The van der Waals surface area contributed by atoms with E-state index in [1.165, 1.54) is 11.3 Å². The Hall–Kier alpha value is -0.820. The van der Waals surface area contributed by atoms with Gasteiger partial charge in [0.25, 0.3) is 0 Å². The van der Waals surface area contributed by atoms with Crippen molar-refractivity contribution in [3.63, 3.8) is 0 Å². The number of thiophene rings is 1. The minimum absolute atomic E-state index is 0.0757. The molecule has 0 saturated heterocycles. The van der Waals surface area contributed by atoms with Gasteiger partial charge in [0.15, 0.2) is 0 Å². The van der Waals surface area contributed by atoms with Crippen LogP contribution in [0.25, 0.3) is 0 Å². The third-order valence-corrected chi connectivity index (χ3v) is 2.25. The smallest absolute Gasteiger partial charge is 0.0774 e. The van der Waals surface area contributed by atoms with E-state index >= 15 is 0 Å². The van der Waals surface area contributed by atoms with E-state index in [1.807, 2.05) is 12.1 Å². The molecule has 1 heterocycles. The maximum absolute atomic E-state index is 8.74. The highest BCUT2D eigenvalue weighted by molar-refractivity contribution is 7.12. The van der Waals surface area contributed by atoms with E-state index in [2.05, 4.69) is 11.8 Å². The normalized spacial score (nSPS) is 9.17. The van der Waals surface area contributed by atoms with Crippen molar-refractivity contribution in [2.75, 3.05) is 6.61 Å². The highest BCUT2D eigenvalue weighted by atomic mass is 32.1. The summed E-state index contributed by atoms with van der Waals surface area (Å²) in [6, 6.07) is 3.73. The first kappa shape index (κ1) is 9.27. The zero-order chi connectivity index (χ0) is 8.81. The van der Waals surface area contributed by atoms with Gasteiger partial charge in [0, 0.05) is 11.3 Å². The molecule has 3 heteroatoms. The SMILES string of the molecule is OCCC#Cc1ccc(CO)s1. The molecule has 1 rings (SSSR count). The second kappa shape index (κ2) is 4.94. The van der Waals surface area contributed by atoms with Gasteiger partial charge >= 0.3 is 0 Å². The predicted molar refractivity (Wildman–Crippen MR) is 48.8 cm³/mol. The fraction of sp³-hybridized carbons (Fsp3) is 0.333. The largest absolute Gasteiger partial charge is 0.395 e. The Morgan fingerprint density at radius 1 is 1.33 bits per heavy atom. The van der Waals surface area contributed by atoms with Gasteiger partial charge in [-0.1, -0.05) is 11.8 Å². The number of hydrogen-bond donors (Lipinski definition) is 2. The molecular formula is C9H10O2S. The lowest BCUT2D eigenvalue weighted by Crippen LogP contribution is -1.75. The minimum atomic E-state index is 0.0757. The summed E-state index contributed by atoms with van der Waals surface area (Å²) in [5.74, 6) is 5.72. The molecule has 0 aliphatic heterocycles. The van der Waals surface area contributed by atoms with Crippen LogP contribution in [0, 0.1) is 11.8 Å². The first-order chi connectivity index (χ1) is 5.86. The van der Waals surface area contributed by atoms with Crippen LogP contribution in [-0.2, 0) is 6.61 Å². The van der Waals surface area contributed by atoms with Crippen LogP contribution in [0.15, 0.2) is 12.1 Å². The fourth-order valence-corrected chi connectivity index (χ4v) is 1.48. The molecule has 0 amide bonds. The molecule has 0 atom stereocenters. The summed E-state index contributed by atoms with van der Waals surface area (Å²) in [6.07, 6.45) is 0.506. The fourth-order valence-electron chi connectivity index (χ4n) is 0.736. The lowest BCUT2D eigenvalue weighted by Gasteiger charge is -1.81. The van der Waals surface area contributed by atoms with Gasteiger partial charge in [-0.15, -0.1) is 11.3 Å². The summed E-state index contributed by atoms with van der Waals surface area (Å²) in [5.41, 5.74) is 0. The third-order valence-electron chi connectivity index (χ3n) is 1.27. The lowest BCUT2D eigenvalue weighted by atomic mass is 10.4. The first-order valence-electron chi connectivity index (χ1n) is 3.66. The highest BCUT2D eigenvalue weighted by Gasteiger charge is 1.93. The molecule has 2 nitrogen and oxygen atoms in total.